The lowest BCUT2D eigenvalue weighted by molar-refractivity contribution is 0.780. The van der Waals surface area contributed by atoms with Gasteiger partial charge in [0.25, 0.3) is 0 Å². The molecule has 0 radical (unpaired) electrons. The van der Waals surface area contributed by atoms with Crippen LogP contribution in [0.4, 0.5) is 0 Å². The fraction of sp³-hybridized carbons (Fsp3) is 0.0400. The van der Waals surface area contributed by atoms with E-state index in [1.807, 2.05) is 42.9 Å². The quantitative estimate of drug-likeness (QED) is 0.168. The summed E-state index contributed by atoms with van der Waals surface area (Å²) in [5, 5.41) is 5.95. The summed E-state index contributed by atoms with van der Waals surface area (Å²) < 4.78 is 0. The van der Waals surface area contributed by atoms with Gasteiger partial charge in [0.15, 0.2) is 0 Å². The second kappa shape index (κ2) is 14.0. The molecule has 0 amide bonds. The Bertz CT molecular complexity index is 2820. The molecular weight excluding hydrogens is 671 g/mol. The molecule has 5 aromatic carbocycles. The maximum absolute atomic E-state index is 5.28. The number of pyridine rings is 3. The molecule has 0 saturated heterocycles. The van der Waals surface area contributed by atoms with Crippen LogP contribution in [0.15, 0.2) is 200 Å². The lowest BCUT2D eigenvalue weighted by Crippen LogP contribution is -2.31. The molecule has 2 aliphatic rings. The van der Waals surface area contributed by atoms with E-state index in [0.717, 1.165) is 66.8 Å². The zero-order valence-electron chi connectivity index (χ0n) is 29.9. The first-order chi connectivity index (χ1) is 27.2. The van der Waals surface area contributed by atoms with Crippen molar-refractivity contribution in [3.8, 4) is 22.4 Å². The zero-order valence-corrected chi connectivity index (χ0v) is 29.9. The number of rotatable bonds is 7. The molecule has 55 heavy (non-hydrogen) atoms. The monoisotopic (exact) mass is 705 g/mol. The Labute approximate surface area is 319 Å². The fourth-order valence-corrected chi connectivity index (χ4v) is 7.60. The summed E-state index contributed by atoms with van der Waals surface area (Å²) in [5.74, 6) is 0.988. The molecule has 0 saturated carbocycles. The molecule has 2 atom stereocenters. The maximum atomic E-state index is 5.28. The number of aliphatic imine (C=N–C) groups is 1. The summed E-state index contributed by atoms with van der Waals surface area (Å²) >= 11 is 0. The zero-order chi connectivity index (χ0) is 36.6. The number of allylic oxidation sites excluding steroid dienone is 4. The molecule has 0 fully saturated rings. The molecule has 3 aromatic heterocycles. The van der Waals surface area contributed by atoms with E-state index in [-0.39, 0.29) is 12.0 Å². The van der Waals surface area contributed by atoms with Crippen molar-refractivity contribution in [1.82, 2.24) is 20.3 Å². The number of hydrogen-bond donors (Lipinski definition) is 1. The average Bonchev–Trinajstić information content (AvgIpc) is 3.78. The summed E-state index contributed by atoms with van der Waals surface area (Å²) in [5.41, 5.74) is 13.7. The Hall–Kier alpha value is -7.24. The van der Waals surface area contributed by atoms with Crippen molar-refractivity contribution in [1.29, 1.82) is 0 Å². The predicted octanol–water partition coefficient (Wildman–Crippen LogP) is 11.4. The normalized spacial score (nSPS) is 16.4. The van der Waals surface area contributed by atoms with Gasteiger partial charge in [0.2, 0.25) is 0 Å². The minimum atomic E-state index is -0.168. The number of benzene rings is 5. The standard InChI is InChI=1S/C50H35N5/c1-3-9-33(10-4-1)34-15-17-35(18-16-34)46-31-47(55-50(54-46)38-11-5-2-6-12-38)44-29-42(40-22-21-39(27-40)41-14-7-25-51-32-41)28-43(30-44)45-24-23-37-20-19-36-13-8-26-52-48(36)49(37)53-45/h1-32,39,47H,(H,54,55). The maximum Gasteiger partial charge on any atom is 0.134 e. The number of amidine groups is 1. The third kappa shape index (κ3) is 6.42. The average molecular weight is 706 g/mol. The van der Waals surface area contributed by atoms with Gasteiger partial charge in [-0.25, -0.2) is 9.98 Å². The van der Waals surface area contributed by atoms with Crippen molar-refractivity contribution >= 4 is 38.9 Å². The summed E-state index contributed by atoms with van der Waals surface area (Å²) in [4.78, 5) is 19.6. The van der Waals surface area contributed by atoms with Crippen molar-refractivity contribution in [2.24, 2.45) is 4.99 Å². The van der Waals surface area contributed by atoms with Crippen LogP contribution in [0, 0.1) is 0 Å². The highest BCUT2D eigenvalue weighted by molar-refractivity contribution is 6.04. The van der Waals surface area contributed by atoms with Gasteiger partial charge in [-0.1, -0.05) is 133 Å². The summed E-state index contributed by atoms with van der Waals surface area (Å²) in [6, 6.07) is 52.9. The highest BCUT2D eigenvalue weighted by Gasteiger charge is 2.23. The Kier molecular flexibility index (Phi) is 8.23. The molecule has 1 aliphatic heterocycles. The number of fused-ring (bicyclic) bond motifs is 3. The minimum Gasteiger partial charge on any atom is -0.359 e. The minimum absolute atomic E-state index is 0.155. The molecule has 0 spiro atoms. The Morgan fingerprint density at radius 2 is 1.22 bits per heavy atom. The van der Waals surface area contributed by atoms with E-state index < -0.39 is 0 Å². The van der Waals surface area contributed by atoms with Gasteiger partial charge in [0, 0.05) is 46.4 Å². The van der Waals surface area contributed by atoms with E-state index in [4.69, 9.17) is 15.0 Å². The first-order valence-corrected chi connectivity index (χ1v) is 18.6. The highest BCUT2D eigenvalue weighted by Crippen LogP contribution is 2.37. The van der Waals surface area contributed by atoms with Crippen molar-refractivity contribution < 1.29 is 0 Å². The van der Waals surface area contributed by atoms with Crippen LogP contribution in [-0.2, 0) is 0 Å². The van der Waals surface area contributed by atoms with E-state index in [0.29, 0.717) is 0 Å². The van der Waals surface area contributed by atoms with Crippen LogP contribution in [0.2, 0.25) is 0 Å². The Morgan fingerprint density at radius 3 is 2.02 bits per heavy atom. The first kappa shape index (κ1) is 32.4. The van der Waals surface area contributed by atoms with Gasteiger partial charge in [0.1, 0.15) is 5.84 Å². The third-order valence-electron chi connectivity index (χ3n) is 10.5. The topological polar surface area (TPSA) is 63.1 Å². The molecule has 2 unspecified atom stereocenters. The molecule has 260 valence electrons. The molecule has 4 heterocycles. The van der Waals surface area contributed by atoms with Crippen molar-refractivity contribution in [3.63, 3.8) is 0 Å². The highest BCUT2D eigenvalue weighted by atomic mass is 15.0. The first-order valence-electron chi connectivity index (χ1n) is 18.6. The van der Waals surface area contributed by atoms with Crippen LogP contribution >= 0.6 is 0 Å². The molecular formula is C50H35N5. The van der Waals surface area contributed by atoms with Crippen LogP contribution in [-0.4, -0.2) is 20.8 Å². The van der Waals surface area contributed by atoms with Crippen molar-refractivity contribution in [2.45, 2.75) is 12.0 Å². The smallest absolute Gasteiger partial charge is 0.134 e. The van der Waals surface area contributed by atoms with Crippen molar-refractivity contribution in [3.05, 3.63) is 222 Å². The van der Waals surface area contributed by atoms with Gasteiger partial charge in [-0.05, 0) is 81.4 Å². The van der Waals surface area contributed by atoms with Crippen LogP contribution in [0.1, 0.15) is 39.8 Å². The van der Waals surface area contributed by atoms with Gasteiger partial charge >= 0.3 is 0 Å². The fourth-order valence-electron chi connectivity index (χ4n) is 7.60. The largest absolute Gasteiger partial charge is 0.359 e. The predicted molar refractivity (Wildman–Crippen MR) is 225 cm³/mol. The van der Waals surface area contributed by atoms with Gasteiger partial charge in [0.05, 0.1) is 28.5 Å². The van der Waals surface area contributed by atoms with E-state index in [9.17, 15) is 0 Å². The van der Waals surface area contributed by atoms with Crippen molar-refractivity contribution in [2.75, 3.05) is 0 Å². The van der Waals surface area contributed by atoms with E-state index in [1.54, 1.807) is 0 Å². The molecule has 8 aromatic rings. The van der Waals surface area contributed by atoms with Crippen LogP contribution in [0.25, 0.3) is 55.5 Å². The molecule has 1 N–H and O–H groups in total. The summed E-state index contributed by atoms with van der Waals surface area (Å²) in [6.07, 6.45) is 14.7. The molecule has 5 heteroatoms. The van der Waals surface area contributed by atoms with E-state index in [1.165, 1.54) is 22.3 Å². The van der Waals surface area contributed by atoms with Crippen LogP contribution in [0.5, 0.6) is 0 Å². The Morgan fingerprint density at radius 1 is 0.509 bits per heavy atom. The lowest BCUT2D eigenvalue weighted by atomic mass is 9.92. The Balaban J connectivity index is 1.11. The van der Waals surface area contributed by atoms with Crippen LogP contribution in [0.3, 0.4) is 0 Å². The van der Waals surface area contributed by atoms with Crippen LogP contribution < -0.4 is 5.32 Å². The van der Waals surface area contributed by atoms with Gasteiger partial charge in [-0.3, -0.25) is 9.97 Å². The number of aromatic nitrogens is 3. The van der Waals surface area contributed by atoms with Gasteiger partial charge in [-0.15, -0.1) is 0 Å². The molecule has 10 rings (SSSR count). The molecule has 0 bridgehead atoms. The number of nitrogens with one attached hydrogen (secondary N) is 1. The third-order valence-corrected chi connectivity index (χ3v) is 10.5. The summed E-state index contributed by atoms with van der Waals surface area (Å²) in [6.45, 7) is 0. The summed E-state index contributed by atoms with van der Waals surface area (Å²) in [7, 11) is 0. The van der Waals surface area contributed by atoms with E-state index >= 15 is 0 Å². The van der Waals surface area contributed by atoms with Gasteiger partial charge < -0.3 is 5.32 Å². The second-order valence-electron chi connectivity index (χ2n) is 14.0. The lowest BCUT2D eigenvalue weighted by Gasteiger charge is -2.25. The second-order valence-corrected chi connectivity index (χ2v) is 14.0. The molecule has 1 aliphatic carbocycles. The number of hydrogen-bond acceptors (Lipinski definition) is 5. The molecule has 5 nitrogen and oxygen atoms in total. The van der Waals surface area contributed by atoms with Gasteiger partial charge in [-0.2, -0.15) is 0 Å². The number of nitrogens with zero attached hydrogens (tertiary/aromatic N) is 4. The van der Waals surface area contributed by atoms with E-state index in [2.05, 4.69) is 162 Å². The SMILES string of the molecule is C1=CC(c2cccnc2)C=C1c1cc(-c2ccc3ccc4cccnc4c3n2)cc(C2C=C(c3ccc(-c4ccccc4)cc3)N=C(c3ccccc3)N2)c1.